The van der Waals surface area contributed by atoms with Crippen LogP contribution in [-0.4, -0.2) is 53.3 Å². The molecule has 1 N–H and O–H groups in total. The number of aromatic nitrogens is 2. The molecule has 2 aromatic rings. The van der Waals surface area contributed by atoms with E-state index in [-0.39, 0.29) is 53.7 Å². The van der Waals surface area contributed by atoms with Gasteiger partial charge in [0.05, 0.1) is 12.7 Å². The Balaban J connectivity index is 1.66. The second kappa shape index (κ2) is 10.6. The molecule has 11 heteroatoms. The number of rotatable bonds is 9. The van der Waals surface area contributed by atoms with Gasteiger partial charge in [0.25, 0.3) is 12.4 Å². The maximum atomic E-state index is 14.8. The second-order valence-corrected chi connectivity index (χ2v) is 8.53. The summed E-state index contributed by atoms with van der Waals surface area (Å²) in [6.07, 6.45) is -0.986. The van der Waals surface area contributed by atoms with Crippen molar-refractivity contribution in [1.82, 2.24) is 14.9 Å². The molecule has 2 heterocycles. The van der Waals surface area contributed by atoms with Crippen LogP contribution in [0.15, 0.2) is 6.07 Å². The number of benzene rings is 1. The Labute approximate surface area is 189 Å². The van der Waals surface area contributed by atoms with E-state index in [1.165, 1.54) is 18.5 Å². The number of aryl methyl sites for hydroxylation is 1. The maximum Gasteiger partial charge on any atom is 0.297 e. The van der Waals surface area contributed by atoms with E-state index in [0.29, 0.717) is 12.5 Å². The Kier molecular flexibility index (Phi) is 8.04. The molecule has 0 aliphatic carbocycles. The van der Waals surface area contributed by atoms with Gasteiger partial charge in [-0.1, -0.05) is 6.92 Å². The third-order valence-corrected chi connectivity index (χ3v) is 5.70. The molecule has 1 aromatic carbocycles. The average molecular weight is 475 g/mol. The third-order valence-electron chi connectivity index (χ3n) is 5.70. The van der Waals surface area contributed by atoms with Crippen molar-refractivity contribution in [3.63, 3.8) is 0 Å². The smallest absolute Gasteiger partial charge is 0.297 e. The molecule has 1 aromatic heterocycles. The van der Waals surface area contributed by atoms with Gasteiger partial charge in [0, 0.05) is 26.1 Å². The molecule has 0 spiro atoms. The molecular weight excluding hydrogens is 446 g/mol. The van der Waals surface area contributed by atoms with E-state index in [2.05, 4.69) is 10.3 Å². The molecule has 1 saturated heterocycles. The van der Waals surface area contributed by atoms with Crippen LogP contribution in [0.3, 0.4) is 0 Å². The Bertz CT molecular complexity index is 984. The van der Waals surface area contributed by atoms with Gasteiger partial charge in [-0.2, -0.15) is 4.98 Å². The zero-order valence-corrected chi connectivity index (χ0v) is 19.0. The number of nitrogens with zero attached hydrogens (tertiary/aromatic N) is 2. The van der Waals surface area contributed by atoms with Crippen LogP contribution in [0.2, 0.25) is 0 Å². The molecule has 33 heavy (non-hydrogen) atoms. The van der Waals surface area contributed by atoms with Gasteiger partial charge >= 0.3 is 0 Å². The number of alkyl halides is 2. The molecule has 4 atom stereocenters. The van der Waals surface area contributed by atoms with E-state index in [1.807, 2.05) is 13.8 Å². The van der Waals surface area contributed by atoms with Gasteiger partial charge in [-0.25, -0.2) is 17.6 Å². The van der Waals surface area contributed by atoms with Gasteiger partial charge < -0.3 is 19.5 Å². The van der Waals surface area contributed by atoms with Crippen molar-refractivity contribution in [2.24, 2.45) is 13.0 Å². The van der Waals surface area contributed by atoms with E-state index in [9.17, 15) is 22.4 Å². The molecule has 7 nitrogen and oxygen atoms in total. The summed E-state index contributed by atoms with van der Waals surface area (Å²) in [4.78, 5) is 15.2. The van der Waals surface area contributed by atoms with Gasteiger partial charge in [0.15, 0.2) is 17.4 Å². The highest BCUT2D eigenvalue weighted by Gasteiger charge is 2.31. The first-order valence-corrected chi connectivity index (χ1v) is 10.9. The van der Waals surface area contributed by atoms with Crippen LogP contribution in [0.5, 0.6) is 11.8 Å². The SMILES string of the molecule is CC(=O)N[C@@H](C)CC[C@H]1OC[C@H](Oc2nc3c(F)cc(OCC(F)F)c(F)c3n2C)C[C@@H]1C. The van der Waals surface area contributed by atoms with Gasteiger partial charge in [-0.3, -0.25) is 9.36 Å². The van der Waals surface area contributed by atoms with Crippen molar-refractivity contribution in [3.8, 4) is 11.8 Å². The minimum atomic E-state index is -2.82. The number of fused-ring (bicyclic) bond motifs is 1. The molecule has 0 saturated carbocycles. The van der Waals surface area contributed by atoms with Gasteiger partial charge in [0.2, 0.25) is 5.91 Å². The summed E-state index contributed by atoms with van der Waals surface area (Å²) in [5.74, 6) is -2.41. The zero-order valence-electron chi connectivity index (χ0n) is 19.0. The summed E-state index contributed by atoms with van der Waals surface area (Å²) in [5, 5.41) is 2.85. The quantitative estimate of drug-likeness (QED) is 0.556. The maximum absolute atomic E-state index is 14.8. The fourth-order valence-electron chi connectivity index (χ4n) is 4.08. The number of imidazole rings is 1. The number of carbonyl (C=O) groups is 1. The summed E-state index contributed by atoms with van der Waals surface area (Å²) in [5.41, 5.74) is -0.507. The number of carbonyl (C=O) groups excluding carboxylic acids is 1. The first kappa shape index (κ1) is 25.1. The van der Waals surface area contributed by atoms with Crippen molar-refractivity contribution in [2.45, 2.75) is 64.7 Å². The largest absolute Gasteiger partial charge is 0.484 e. The average Bonchev–Trinajstić information content (AvgIpc) is 3.05. The molecule has 0 unspecified atom stereocenters. The highest BCUT2D eigenvalue weighted by Crippen LogP contribution is 2.33. The Morgan fingerprint density at radius 3 is 2.76 bits per heavy atom. The van der Waals surface area contributed by atoms with E-state index < -0.39 is 30.4 Å². The Hall–Kier alpha value is -2.56. The summed E-state index contributed by atoms with van der Waals surface area (Å²) in [6, 6.07) is 0.744. The fraction of sp³-hybridized carbons (Fsp3) is 0.636. The van der Waals surface area contributed by atoms with Crippen LogP contribution in [0.4, 0.5) is 17.6 Å². The summed E-state index contributed by atoms with van der Waals surface area (Å²) in [7, 11) is 1.45. The van der Waals surface area contributed by atoms with E-state index in [0.717, 1.165) is 12.8 Å². The van der Waals surface area contributed by atoms with Crippen LogP contribution in [-0.2, 0) is 16.6 Å². The Morgan fingerprint density at radius 2 is 2.12 bits per heavy atom. The molecule has 1 amide bonds. The van der Waals surface area contributed by atoms with Crippen molar-refractivity contribution in [2.75, 3.05) is 13.2 Å². The molecule has 0 bridgehead atoms. The summed E-state index contributed by atoms with van der Waals surface area (Å²) >= 11 is 0. The first-order chi connectivity index (χ1) is 15.6. The highest BCUT2D eigenvalue weighted by atomic mass is 19.3. The number of hydrogen-bond donors (Lipinski definition) is 1. The van der Waals surface area contributed by atoms with Gasteiger partial charge in [0.1, 0.15) is 23.7 Å². The lowest BCUT2D eigenvalue weighted by Crippen LogP contribution is -2.40. The zero-order chi connectivity index (χ0) is 24.3. The number of halogens is 4. The molecule has 1 fully saturated rings. The van der Waals surface area contributed by atoms with Crippen LogP contribution in [0.1, 0.15) is 40.0 Å². The minimum absolute atomic E-state index is 0.00549. The molecule has 0 radical (unpaired) electrons. The van der Waals surface area contributed by atoms with Crippen LogP contribution >= 0.6 is 0 Å². The first-order valence-electron chi connectivity index (χ1n) is 10.9. The lowest BCUT2D eigenvalue weighted by Gasteiger charge is -2.34. The monoisotopic (exact) mass is 475 g/mol. The van der Waals surface area contributed by atoms with Crippen molar-refractivity contribution >= 4 is 16.9 Å². The standard InChI is InChI=1S/C22H29F4N3O4/c1-11-7-14(9-31-16(11)6-5-12(2)27-13(3)30)33-22-28-20-15(23)8-17(32-10-18(24)25)19(26)21(20)29(22)4/h8,11-12,14,16,18H,5-7,9-10H2,1-4H3,(H,27,30)/t11-,12-,14+,16+/m0/s1. The van der Waals surface area contributed by atoms with E-state index in [4.69, 9.17) is 14.2 Å². The van der Waals surface area contributed by atoms with Crippen molar-refractivity contribution in [1.29, 1.82) is 0 Å². The molecule has 1 aliphatic rings. The predicted molar refractivity (Wildman–Crippen MR) is 113 cm³/mol. The number of amides is 1. The molecular formula is C22H29F4N3O4. The lowest BCUT2D eigenvalue weighted by atomic mass is 9.91. The fourth-order valence-corrected chi connectivity index (χ4v) is 4.08. The summed E-state index contributed by atoms with van der Waals surface area (Å²) < 4.78 is 71.8. The van der Waals surface area contributed by atoms with Crippen molar-refractivity contribution < 1.29 is 36.6 Å². The Morgan fingerprint density at radius 1 is 1.39 bits per heavy atom. The summed E-state index contributed by atoms with van der Waals surface area (Å²) in [6.45, 7) is 4.68. The number of ether oxygens (including phenoxy) is 3. The number of hydrogen-bond acceptors (Lipinski definition) is 5. The van der Waals surface area contributed by atoms with Gasteiger partial charge in [-0.15, -0.1) is 0 Å². The number of nitrogens with one attached hydrogen (secondary N) is 1. The molecule has 3 rings (SSSR count). The van der Waals surface area contributed by atoms with E-state index >= 15 is 0 Å². The molecule has 1 aliphatic heterocycles. The van der Waals surface area contributed by atoms with E-state index in [1.54, 1.807) is 0 Å². The topological polar surface area (TPSA) is 74.6 Å². The normalized spacial score (nSPS) is 21.9. The van der Waals surface area contributed by atoms with Crippen molar-refractivity contribution in [3.05, 3.63) is 17.7 Å². The van der Waals surface area contributed by atoms with Crippen LogP contribution in [0.25, 0.3) is 11.0 Å². The van der Waals surface area contributed by atoms with Gasteiger partial charge in [-0.05, 0) is 32.1 Å². The predicted octanol–water partition coefficient (Wildman–Crippen LogP) is 3.97. The van der Waals surface area contributed by atoms with Crippen LogP contribution < -0.4 is 14.8 Å². The highest BCUT2D eigenvalue weighted by molar-refractivity contribution is 5.80. The lowest BCUT2D eigenvalue weighted by molar-refractivity contribution is -0.119. The minimum Gasteiger partial charge on any atom is -0.484 e. The second-order valence-electron chi connectivity index (χ2n) is 8.53. The third kappa shape index (κ3) is 6.07. The molecule has 184 valence electrons. The van der Waals surface area contributed by atoms with Crippen LogP contribution in [0, 0.1) is 17.6 Å².